The van der Waals surface area contributed by atoms with E-state index < -0.39 is 34.7 Å². The average molecular weight is 385 g/mol. The molecule has 0 bridgehead atoms. The van der Waals surface area contributed by atoms with Crippen molar-refractivity contribution in [2.75, 3.05) is 0 Å². The van der Waals surface area contributed by atoms with Crippen molar-refractivity contribution in [3.8, 4) is 17.1 Å². The van der Waals surface area contributed by atoms with Crippen LogP contribution in [0.3, 0.4) is 0 Å². The van der Waals surface area contributed by atoms with Gasteiger partial charge in [0, 0.05) is 5.56 Å². The summed E-state index contributed by atoms with van der Waals surface area (Å²) in [6.45, 7) is 0. The van der Waals surface area contributed by atoms with E-state index in [2.05, 4.69) is 15.0 Å². The highest BCUT2D eigenvalue weighted by atomic mass is 19.1. The monoisotopic (exact) mass is 385 g/mol. The van der Waals surface area contributed by atoms with Crippen LogP contribution >= 0.6 is 0 Å². The van der Waals surface area contributed by atoms with E-state index in [1.54, 1.807) is 0 Å². The number of para-hydroxylation sites is 1. The Kier molecular flexibility index (Phi) is 3.95. The van der Waals surface area contributed by atoms with Crippen molar-refractivity contribution in [2.45, 2.75) is 0 Å². The van der Waals surface area contributed by atoms with Gasteiger partial charge in [-0.2, -0.15) is 0 Å². The lowest BCUT2D eigenvalue weighted by Crippen LogP contribution is -2.17. The van der Waals surface area contributed by atoms with E-state index in [0.29, 0.717) is 10.1 Å². The summed E-state index contributed by atoms with van der Waals surface area (Å²) in [7, 11) is 0. The van der Waals surface area contributed by atoms with E-state index in [-0.39, 0.29) is 22.7 Å². The fraction of sp³-hybridized carbons (Fsp3) is 0. The molecule has 140 valence electrons. The second-order valence-corrected chi connectivity index (χ2v) is 5.80. The van der Waals surface area contributed by atoms with Crippen LogP contribution in [0.1, 0.15) is 10.5 Å². The molecule has 7 nitrogen and oxygen atoms in total. The van der Waals surface area contributed by atoms with E-state index in [1.165, 1.54) is 12.1 Å². The first-order chi connectivity index (χ1) is 13.4. The molecule has 3 N–H and O–H groups in total. The molecule has 28 heavy (non-hydrogen) atoms. The quantitative estimate of drug-likeness (QED) is 0.564. The summed E-state index contributed by atoms with van der Waals surface area (Å²) in [5.74, 6) is -3.59. The lowest BCUT2D eigenvalue weighted by Gasteiger charge is -2.08. The summed E-state index contributed by atoms with van der Waals surface area (Å²) in [5.41, 5.74) is 3.26. The van der Waals surface area contributed by atoms with Crippen molar-refractivity contribution in [3.05, 3.63) is 76.1 Å². The molecular weight excluding hydrogens is 375 g/mol. The van der Waals surface area contributed by atoms with Gasteiger partial charge in [-0.05, 0) is 36.4 Å². The summed E-state index contributed by atoms with van der Waals surface area (Å²) in [6, 6.07) is 8.07. The maximum absolute atomic E-state index is 14.3. The summed E-state index contributed by atoms with van der Waals surface area (Å²) in [5, 5.41) is 0. The number of hydrogen-bond acceptors (Lipinski definition) is 4. The van der Waals surface area contributed by atoms with Crippen molar-refractivity contribution in [3.63, 3.8) is 0 Å². The second kappa shape index (κ2) is 6.34. The topological polar surface area (TPSA) is 107 Å². The normalized spacial score (nSPS) is 11.1. The Balaban J connectivity index is 2.10. The molecule has 2 aromatic heterocycles. The number of aromatic nitrogens is 4. The van der Waals surface area contributed by atoms with Crippen LogP contribution in [0.4, 0.5) is 13.2 Å². The van der Waals surface area contributed by atoms with Gasteiger partial charge in [-0.15, -0.1) is 0 Å². The fourth-order valence-corrected chi connectivity index (χ4v) is 2.80. The van der Waals surface area contributed by atoms with Gasteiger partial charge in [0.1, 0.15) is 28.7 Å². The summed E-state index contributed by atoms with van der Waals surface area (Å²) in [4.78, 5) is 34.7. The first-order valence-electron chi connectivity index (χ1n) is 7.89. The molecule has 0 unspecified atom stereocenters. The van der Waals surface area contributed by atoms with Crippen molar-refractivity contribution in [2.24, 2.45) is 5.73 Å². The third-order valence-electron chi connectivity index (χ3n) is 4.03. The molecule has 0 radical (unpaired) electrons. The average Bonchev–Trinajstić information content (AvgIpc) is 2.97. The number of imidazole rings is 1. The first-order valence-corrected chi connectivity index (χ1v) is 7.89. The molecular formula is C18H10F3N5O2. The zero-order chi connectivity index (χ0) is 20.0. The first kappa shape index (κ1) is 17.5. The Morgan fingerprint density at radius 3 is 2.25 bits per heavy atom. The minimum Gasteiger partial charge on any atom is -0.364 e. The van der Waals surface area contributed by atoms with Crippen molar-refractivity contribution in [1.82, 2.24) is 19.5 Å². The zero-order valence-corrected chi connectivity index (χ0v) is 13.9. The molecule has 0 saturated carbocycles. The Labute approximate surface area is 154 Å². The molecule has 0 aliphatic carbocycles. The van der Waals surface area contributed by atoms with Crippen LogP contribution in [0.5, 0.6) is 0 Å². The summed E-state index contributed by atoms with van der Waals surface area (Å²) >= 11 is 0. The molecule has 0 atom stereocenters. The van der Waals surface area contributed by atoms with Gasteiger partial charge < -0.3 is 10.7 Å². The highest BCUT2D eigenvalue weighted by molar-refractivity contribution is 6.02. The standard InChI is InChI=1S/C18H10F3N5O2/c19-9-6-4-8(5-7-9)16-23-12(15(22)27)13-17(25-16)26(18(28)24-13)14-10(20)2-1-3-11(14)21/h1-7H,(H2,22,27)(H,24,28). The number of fused-ring (bicyclic) bond motifs is 1. The van der Waals surface area contributed by atoms with E-state index >= 15 is 0 Å². The maximum Gasteiger partial charge on any atom is 0.332 e. The molecule has 4 rings (SSSR count). The number of amides is 1. The van der Waals surface area contributed by atoms with Gasteiger partial charge in [-0.25, -0.2) is 32.5 Å². The minimum atomic E-state index is -1.01. The number of carbonyl (C=O) groups is 1. The molecule has 0 fully saturated rings. The number of H-pyrrole nitrogens is 1. The highest BCUT2D eigenvalue weighted by Crippen LogP contribution is 2.24. The van der Waals surface area contributed by atoms with Gasteiger partial charge in [0.25, 0.3) is 5.91 Å². The van der Waals surface area contributed by atoms with Gasteiger partial charge >= 0.3 is 5.69 Å². The van der Waals surface area contributed by atoms with Crippen LogP contribution in [0.2, 0.25) is 0 Å². The number of aromatic amines is 1. The summed E-state index contributed by atoms with van der Waals surface area (Å²) in [6.07, 6.45) is 0. The van der Waals surface area contributed by atoms with Gasteiger partial charge in [-0.1, -0.05) is 6.07 Å². The van der Waals surface area contributed by atoms with Crippen LogP contribution in [0.25, 0.3) is 28.2 Å². The number of halogens is 3. The predicted molar refractivity (Wildman–Crippen MR) is 93.3 cm³/mol. The molecule has 0 spiro atoms. The third kappa shape index (κ3) is 2.71. The Bertz CT molecular complexity index is 1280. The molecule has 0 aliphatic rings. The lowest BCUT2D eigenvalue weighted by atomic mass is 10.2. The molecule has 4 aromatic rings. The number of rotatable bonds is 3. The van der Waals surface area contributed by atoms with E-state index in [0.717, 1.165) is 30.3 Å². The Morgan fingerprint density at radius 2 is 1.64 bits per heavy atom. The number of benzene rings is 2. The fourth-order valence-electron chi connectivity index (χ4n) is 2.80. The largest absolute Gasteiger partial charge is 0.364 e. The number of nitrogens with zero attached hydrogens (tertiary/aromatic N) is 3. The lowest BCUT2D eigenvalue weighted by molar-refractivity contribution is 0.0997. The van der Waals surface area contributed by atoms with E-state index in [9.17, 15) is 22.8 Å². The van der Waals surface area contributed by atoms with Crippen LogP contribution < -0.4 is 11.4 Å². The number of nitrogens with two attached hydrogens (primary N) is 1. The Morgan fingerprint density at radius 1 is 1.00 bits per heavy atom. The minimum absolute atomic E-state index is 0.0780. The second-order valence-electron chi connectivity index (χ2n) is 5.80. The number of primary amides is 1. The van der Waals surface area contributed by atoms with Crippen molar-refractivity contribution < 1.29 is 18.0 Å². The molecule has 10 heteroatoms. The molecule has 1 amide bonds. The molecule has 0 aliphatic heterocycles. The highest BCUT2D eigenvalue weighted by Gasteiger charge is 2.23. The van der Waals surface area contributed by atoms with Crippen LogP contribution in [-0.4, -0.2) is 25.4 Å². The molecule has 2 aromatic carbocycles. The number of hydrogen-bond donors (Lipinski definition) is 2. The zero-order valence-electron chi connectivity index (χ0n) is 13.9. The summed E-state index contributed by atoms with van der Waals surface area (Å²) < 4.78 is 42.4. The van der Waals surface area contributed by atoms with E-state index in [1.807, 2.05) is 0 Å². The van der Waals surface area contributed by atoms with Crippen molar-refractivity contribution >= 4 is 17.1 Å². The van der Waals surface area contributed by atoms with Gasteiger partial charge in [0.15, 0.2) is 17.2 Å². The van der Waals surface area contributed by atoms with Crippen LogP contribution in [0.15, 0.2) is 47.3 Å². The van der Waals surface area contributed by atoms with Crippen LogP contribution in [-0.2, 0) is 0 Å². The van der Waals surface area contributed by atoms with Gasteiger partial charge in [-0.3, -0.25) is 4.79 Å². The Hall–Kier alpha value is -3.95. The molecule has 2 heterocycles. The third-order valence-corrected chi connectivity index (χ3v) is 4.03. The predicted octanol–water partition coefficient (Wildman–Crippen LogP) is 2.29. The van der Waals surface area contributed by atoms with E-state index in [4.69, 9.17) is 5.73 Å². The maximum atomic E-state index is 14.3. The van der Waals surface area contributed by atoms with Crippen molar-refractivity contribution in [1.29, 1.82) is 0 Å². The van der Waals surface area contributed by atoms with Gasteiger partial charge in [0.05, 0.1) is 0 Å². The van der Waals surface area contributed by atoms with Gasteiger partial charge in [0.2, 0.25) is 0 Å². The van der Waals surface area contributed by atoms with Crippen LogP contribution in [0, 0.1) is 17.5 Å². The molecule has 0 saturated heterocycles. The smallest absolute Gasteiger partial charge is 0.332 e. The number of nitrogens with one attached hydrogen (secondary N) is 1. The number of carbonyl (C=O) groups excluding carboxylic acids is 1. The SMILES string of the molecule is NC(=O)c1nc(-c2ccc(F)cc2)nc2c1[nH]c(=O)n2-c1c(F)cccc1F.